The Kier molecular flexibility index (Phi) is 14.5. The highest BCUT2D eigenvalue weighted by atomic mass is 35.5. The lowest BCUT2D eigenvalue weighted by atomic mass is 9.76. The van der Waals surface area contributed by atoms with Gasteiger partial charge in [-0.1, -0.05) is 59.3 Å². The molecule has 0 amide bonds. The van der Waals surface area contributed by atoms with Crippen LogP contribution in [0.25, 0.3) is 0 Å². The fraction of sp³-hybridized carbons (Fsp3) is 1.00. The van der Waals surface area contributed by atoms with Crippen LogP contribution in [-0.2, 0) is 0 Å². The number of hydrogen-bond donors (Lipinski definition) is 0. The Hall–Kier alpha value is 0.720. The molecule has 0 fully saturated rings. The van der Waals surface area contributed by atoms with Crippen LogP contribution in [0.5, 0.6) is 0 Å². The van der Waals surface area contributed by atoms with Crippen molar-refractivity contribution < 1.29 is 0 Å². The molecule has 0 N–H and O–H groups in total. The summed E-state index contributed by atoms with van der Waals surface area (Å²) < 4.78 is 0. The van der Waals surface area contributed by atoms with Crippen LogP contribution in [0.2, 0.25) is 0 Å². The van der Waals surface area contributed by atoms with Gasteiger partial charge in [-0.15, -0.1) is 11.6 Å². The molecular formula is C14H32ClP. The van der Waals surface area contributed by atoms with E-state index in [1.54, 1.807) is 0 Å². The highest BCUT2D eigenvalue weighted by Crippen LogP contribution is 2.37. The first-order valence-corrected chi connectivity index (χ1v) is 7.34. The van der Waals surface area contributed by atoms with E-state index in [2.05, 4.69) is 20.8 Å². The van der Waals surface area contributed by atoms with Crippen LogP contribution in [0.15, 0.2) is 0 Å². The summed E-state index contributed by atoms with van der Waals surface area (Å²) in [5.41, 5.74) is 0.462. The SMILES string of the molecule is CCCCC(CCl)(CCCC)CCCC.P. The molecule has 0 heterocycles. The van der Waals surface area contributed by atoms with E-state index in [4.69, 9.17) is 11.6 Å². The maximum Gasteiger partial charge on any atom is 0.0279 e. The summed E-state index contributed by atoms with van der Waals surface area (Å²) in [6, 6.07) is 0. The minimum absolute atomic E-state index is 0. The predicted octanol–water partition coefficient (Wildman–Crippen LogP) is 5.84. The molecule has 100 valence electrons. The molecule has 0 aromatic rings. The van der Waals surface area contributed by atoms with Crippen molar-refractivity contribution in [1.29, 1.82) is 0 Å². The number of unbranched alkanes of at least 4 members (excludes halogenated alkanes) is 3. The zero-order valence-corrected chi connectivity index (χ0v) is 13.8. The topological polar surface area (TPSA) is 0 Å². The standard InChI is InChI=1S/C14H29Cl.H3P/c1-4-7-10-14(13-15,11-8-5-2)12-9-6-3;/h4-13H2,1-3H3;1H3. The first kappa shape index (κ1) is 19.1. The maximum atomic E-state index is 6.23. The Morgan fingerprint density at radius 1 is 0.750 bits per heavy atom. The predicted molar refractivity (Wildman–Crippen MR) is 82.8 cm³/mol. The van der Waals surface area contributed by atoms with E-state index in [0.717, 1.165) is 5.88 Å². The van der Waals surface area contributed by atoms with E-state index in [1.165, 1.54) is 57.8 Å². The van der Waals surface area contributed by atoms with Crippen molar-refractivity contribution in [3.63, 3.8) is 0 Å². The Morgan fingerprint density at radius 2 is 1.06 bits per heavy atom. The van der Waals surface area contributed by atoms with E-state index in [-0.39, 0.29) is 9.90 Å². The van der Waals surface area contributed by atoms with Gasteiger partial charge in [-0.25, -0.2) is 0 Å². The molecule has 0 spiro atoms. The van der Waals surface area contributed by atoms with Crippen LogP contribution >= 0.6 is 21.5 Å². The largest absolute Gasteiger partial charge is 0.153 e. The smallest absolute Gasteiger partial charge is 0.0279 e. The number of alkyl halides is 1. The summed E-state index contributed by atoms with van der Waals surface area (Å²) in [4.78, 5) is 0. The maximum absolute atomic E-state index is 6.23. The molecular weight excluding hydrogens is 235 g/mol. The van der Waals surface area contributed by atoms with Gasteiger partial charge < -0.3 is 0 Å². The van der Waals surface area contributed by atoms with Gasteiger partial charge in [-0.3, -0.25) is 0 Å². The van der Waals surface area contributed by atoms with Crippen molar-refractivity contribution >= 4 is 21.5 Å². The third-order valence-corrected chi connectivity index (χ3v) is 4.03. The van der Waals surface area contributed by atoms with E-state index < -0.39 is 0 Å². The van der Waals surface area contributed by atoms with Gasteiger partial charge in [0, 0.05) is 5.88 Å². The average Bonchev–Trinajstić information content (AvgIpc) is 2.29. The lowest BCUT2D eigenvalue weighted by Crippen LogP contribution is -2.23. The second kappa shape index (κ2) is 12.2. The molecule has 2 heteroatoms. The van der Waals surface area contributed by atoms with Crippen molar-refractivity contribution in [2.75, 3.05) is 5.88 Å². The van der Waals surface area contributed by atoms with Gasteiger partial charge in [0.15, 0.2) is 0 Å². The molecule has 0 nitrogen and oxygen atoms in total. The zero-order chi connectivity index (χ0) is 11.6. The average molecular weight is 267 g/mol. The minimum Gasteiger partial charge on any atom is -0.153 e. The van der Waals surface area contributed by atoms with Crippen molar-refractivity contribution in [3.05, 3.63) is 0 Å². The Labute approximate surface area is 112 Å². The van der Waals surface area contributed by atoms with E-state index in [1.807, 2.05) is 0 Å². The molecule has 1 atom stereocenters. The van der Waals surface area contributed by atoms with Crippen LogP contribution in [0.3, 0.4) is 0 Å². The molecule has 0 aliphatic rings. The monoisotopic (exact) mass is 266 g/mol. The van der Waals surface area contributed by atoms with Crippen molar-refractivity contribution in [2.45, 2.75) is 78.6 Å². The molecule has 0 radical (unpaired) electrons. The number of hydrogen-bond acceptors (Lipinski definition) is 0. The highest BCUT2D eigenvalue weighted by molar-refractivity contribution is 6.92. The summed E-state index contributed by atoms with van der Waals surface area (Å²) in [7, 11) is 0. The summed E-state index contributed by atoms with van der Waals surface area (Å²) in [5, 5.41) is 0. The van der Waals surface area contributed by atoms with Crippen LogP contribution in [0, 0.1) is 5.41 Å². The fourth-order valence-electron chi connectivity index (χ4n) is 2.23. The number of rotatable bonds is 10. The first-order valence-electron chi connectivity index (χ1n) is 6.80. The van der Waals surface area contributed by atoms with Crippen LogP contribution in [0.1, 0.15) is 78.6 Å². The quantitative estimate of drug-likeness (QED) is 0.344. The summed E-state index contributed by atoms with van der Waals surface area (Å²) >= 11 is 6.23. The van der Waals surface area contributed by atoms with Crippen molar-refractivity contribution in [3.8, 4) is 0 Å². The summed E-state index contributed by atoms with van der Waals surface area (Å²) in [6.07, 6.45) is 12.0. The second-order valence-corrected chi connectivity index (χ2v) is 5.21. The molecule has 0 aromatic carbocycles. The van der Waals surface area contributed by atoms with Gasteiger partial charge in [0.25, 0.3) is 0 Å². The molecule has 0 aliphatic heterocycles. The second-order valence-electron chi connectivity index (χ2n) is 4.94. The molecule has 0 aromatic heterocycles. The van der Waals surface area contributed by atoms with E-state index in [0.29, 0.717) is 5.41 Å². The molecule has 0 bridgehead atoms. The Balaban J connectivity index is 0. The summed E-state index contributed by atoms with van der Waals surface area (Å²) in [5.74, 6) is 0.868. The van der Waals surface area contributed by atoms with Gasteiger partial charge in [0.2, 0.25) is 0 Å². The molecule has 0 saturated heterocycles. The van der Waals surface area contributed by atoms with Gasteiger partial charge in [0.05, 0.1) is 0 Å². The van der Waals surface area contributed by atoms with Crippen molar-refractivity contribution in [2.24, 2.45) is 5.41 Å². The minimum atomic E-state index is 0. The summed E-state index contributed by atoms with van der Waals surface area (Å²) in [6.45, 7) is 6.83. The van der Waals surface area contributed by atoms with Crippen LogP contribution in [0.4, 0.5) is 0 Å². The van der Waals surface area contributed by atoms with Crippen molar-refractivity contribution in [1.82, 2.24) is 0 Å². The molecule has 16 heavy (non-hydrogen) atoms. The van der Waals surface area contributed by atoms with Gasteiger partial charge in [-0.2, -0.15) is 9.90 Å². The molecule has 1 unspecified atom stereocenters. The molecule has 0 aliphatic carbocycles. The molecule has 0 rings (SSSR count). The fourth-order valence-corrected chi connectivity index (χ4v) is 2.63. The third-order valence-electron chi connectivity index (χ3n) is 3.47. The van der Waals surface area contributed by atoms with Gasteiger partial charge >= 0.3 is 0 Å². The Morgan fingerprint density at radius 3 is 1.25 bits per heavy atom. The van der Waals surface area contributed by atoms with E-state index in [9.17, 15) is 0 Å². The lowest BCUT2D eigenvalue weighted by molar-refractivity contribution is 0.233. The normalized spacial score (nSPS) is 11.2. The van der Waals surface area contributed by atoms with E-state index >= 15 is 0 Å². The van der Waals surface area contributed by atoms with Gasteiger partial charge in [-0.05, 0) is 24.7 Å². The third kappa shape index (κ3) is 7.91. The highest BCUT2D eigenvalue weighted by Gasteiger charge is 2.26. The van der Waals surface area contributed by atoms with Crippen LogP contribution in [-0.4, -0.2) is 5.88 Å². The van der Waals surface area contributed by atoms with Crippen LogP contribution < -0.4 is 0 Å². The first-order chi connectivity index (χ1) is 7.24. The number of halogens is 1. The van der Waals surface area contributed by atoms with Gasteiger partial charge in [0.1, 0.15) is 0 Å². The Bertz CT molecular complexity index is 115. The lowest BCUT2D eigenvalue weighted by Gasteiger charge is -2.32. The zero-order valence-electron chi connectivity index (χ0n) is 11.7. The molecule has 0 saturated carbocycles.